The maximum absolute atomic E-state index is 13.7. The van der Waals surface area contributed by atoms with Crippen molar-refractivity contribution in [1.29, 1.82) is 0 Å². The molecule has 0 saturated carbocycles. The Morgan fingerprint density at radius 2 is 1.95 bits per heavy atom. The number of halogens is 1. The van der Waals surface area contributed by atoms with E-state index in [-0.39, 0.29) is 6.54 Å². The average molecular weight is 268 g/mol. The van der Waals surface area contributed by atoms with Gasteiger partial charge in [-0.05, 0) is 19.9 Å². The van der Waals surface area contributed by atoms with Crippen molar-refractivity contribution < 1.29 is 18.7 Å². The normalized spacial score (nSPS) is 10.7. The summed E-state index contributed by atoms with van der Waals surface area (Å²) >= 11 is 0. The number of methoxy groups -OCH3 is 1. The summed E-state index contributed by atoms with van der Waals surface area (Å²) in [6.45, 7) is 3.10. The molecule has 0 heterocycles. The summed E-state index contributed by atoms with van der Waals surface area (Å²) in [5, 5.41) is 4.93. The molecule has 0 aliphatic heterocycles. The topological polar surface area (TPSA) is 67.4 Å². The molecule has 0 bridgehead atoms. The van der Waals surface area contributed by atoms with Crippen molar-refractivity contribution in [2.45, 2.75) is 19.4 Å². The van der Waals surface area contributed by atoms with Crippen molar-refractivity contribution in [3.63, 3.8) is 0 Å². The van der Waals surface area contributed by atoms with Crippen LogP contribution in [0.3, 0.4) is 0 Å². The highest BCUT2D eigenvalue weighted by Crippen LogP contribution is 2.22. The van der Waals surface area contributed by atoms with E-state index in [9.17, 15) is 14.0 Å². The largest absolute Gasteiger partial charge is 0.468 e. The number of amides is 2. The molecule has 1 aromatic carbocycles. The Bertz CT molecular complexity index is 475. The van der Waals surface area contributed by atoms with Crippen molar-refractivity contribution in [2.75, 3.05) is 13.7 Å². The molecule has 2 amide bonds. The average Bonchev–Trinajstić information content (AvgIpc) is 2.35. The Hall–Kier alpha value is -2.11. The van der Waals surface area contributed by atoms with Crippen LogP contribution in [-0.4, -0.2) is 25.7 Å². The third-order valence-corrected chi connectivity index (χ3v) is 2.59. The zero-order valence-corrected chi connectivity index (χ0v) is 11.1. The lowest BCUT2D eigenvalue weighted by Crippen LogP contribution is -2.48. The van der Waals surface area contributed by atoms with Crippen LogP contribution in [0.25, 0.3) is 0 Å². The first-order valence-electron chi connectivity index (χ1n) is 5.74. The summed E-state index contributed by atoms with van der Waals surface area (Å²) < 4.78 is 18.1. The van der Waals surface area contributed by atoms with Gasteiger partial charge in [-0.2, -0.15) is 0 Å². The lowest BCUT2D eigenvalue weighted by molar-refractivity contribution is -0.139. The van der Waals surface area contributed by atoms with Crippen LogP contribution in [-0.2, 0) is 15.1 Å². The highest BCUT2D eigenvalue weighted by Gasteiger charge is 2.25. The Balaban J connectivity index is 2.67. The van der Waals surface area contributed by atoms with Gasteiger partial charge in [-0.3, -0.25) is 4.79 Å². The van der Waals surface area contributed by atoms with Crippen LogP contribution in [0.15, 0.2) is 24.3 Å². The summed E-state index contributed by atoms with van der Waals surface area (Å²) in [5.41, 5.74) is -0.533. The Kier molecular flexibility index (Phi) is 4.86. The second-order valence-corrected chi connectivity index (χ2v) is 4.49. The highest BCUT2D eigenvalue weighted by atomic mass is 19.1. The molecule has 0 unspecified atom stereocenters. The molecule has 6 heteroatoms. The molecule has 0 atom stereocenters. The van der Waals surface area contributed by atoms with E-state index in [0.717, 1.165) is 0 Å². The van der Waals surface area contributed by atoms with E-state index >= 15 is 0 Å². The standard InChI is InChI=1S/C13H17FN2O3/c1-13(2,9-6-4-5-7-10(9)14)16-12(18)15-8-11(17)19-3/h4-7H,8H2,1-3H3,(H2,15,16,18). The van der Waals surface area contributed by atoms with Crippen LogP contribution in [0.5, 0.6) is 0 Å². The number of nitrogens with one attached hydrogen (secondary N) is 2. The van der Waals surface area contributed by atoms with E-state index in [1.54, 1.807) is 32.0 Å². The number of benzene rings is 1. The summed E-state index contributed by atoms with van der Waals surface area (Å²) in [7, 11) is 1.23. The van der Waals surface area contributed by atoms with Crippen molar-refractivity contribution >= 4 is 12.0 Å². The number of hydrogen-bond acceptors (Lipinski definition) is 3. The summed E-state index contributed by atoms with van der Waals surface area (Å²) in [4.78, 5) is 22.5. The van der Waals surface area contributed by atoms with Crippen LogP contribution < -0.4 is 10.6 Å². The van der Waals surface area contributed by atoms with Gasteiger partial charge in [0.15, 0.2) is 0 Å². The van der Waals surface area contributed by atoms with Crippen molar-refractivity contribution in [1.82, 2.24) is 10.6 Å². The fraction of sp³-hybridized carbons (Fsp3) is 0.385. The lowest BCUT2D eigenvalue weighted by atomic mass is 9.94. The lowest BCUT2D eigenvalue weighted by Gasteiger charge is -2.27. The van der Waals surface area contributed by atoms with E-state index < -0.39 is 23.4 Å². The maximum atomic E-state index is 13.7. The summed E-state index contributed by atoms with van der Waals surface area (Å²) in [6, 6.07) is 5.61. The van der Waals surface area contributed by atoms with Crippen LogP contribution in [0.2, 0.25) is 0 Å². The van der Waals surface area contributed by atoms with E-state index in [0.29, 0.717) is 5.56 Å². The van der Waals surface area contributed by atoms with Crippen molar-refractivity contribution in [2.24, 2.45) is 0 Å². The third kappa shape index (κ3) is 4.24. The minimum absolute atomic E-state index is 0.240. The molecule has 19 heavy (non-hydrogen) atoms. The number of urea groups is 1. The molecule has 1 rings (SSSR count). The zero-order valence-electron chi connectivity index (χ0n) is 11.1. The van der Waals surface area contributed by atoms with Gasteiger partial charge in [0, 0.05) is 5.56 Å². The summed E-state index contributed by atoms with van der Waals surface area (Å²) in [6.07, 6.45) is 0. The fourth-order valence-electron chi connectivity index (χ4n) is 1.59. The van der Waals surface area contributed by atoms with Crippen LogP contribution in [0.4, 0.5) is 9.18 Å². The van der Waals surface area contributed by atoms with Crippen LogP contribution in [0, 0.1) is 5.82 Å². The molecule has 0 aromatic heterocycles. The molecule has 0 aliphatic rings. The number of hydrogen-bond donors (Lipinski definition) is 2. The molecule has 0 saturated heterocycles. The SMILES string of the molecule is COC(=O)CNC(=O)NC(C)(C)c1ccccc1F. The predicted octanol–water partition coefficient (Wildman–Crippen LogP) is 1.53. The molecule has 104 valence electrons. The molecule has 5 nitrogen and oxygen atoms in total. The van der Waals surface area contributed by atoms with Gasteiger partial charge in [0.05, 0.1) is 12.6 Å². The maximum Gasteiger partial charge on any atom is 0.325 e. The predicted molar refractivity (Wildman–Crippen MR) is 68.0 cm³/mol. The number of carbonyl (C=O) groups is 2. The van der Waals surface area contributed by atoms with Crippen LogP contribution >= 0.6 is 0 Å². The zero-order chi connectivity index (χ0) is 14.5. The Labute approximate surface area is 111 Å². The van der Waals surface area contributed by atoms with Gasteiger partial charge in [-0.25, -0.2) is 9.18 Å². The number of ether oxygens (including phenoxy) is 1. The van der Waals surface area contributed by atoms with E-state index in [2.05, 4.69) is 15.4 Å². The molecule has 0 radical (unpaired) electrons. The number of carbonyl (C=O) groups excluding carboxylic acids is 2. The molecule has 0 fully saturated rings. The molecule has 0 spiro atoms. The monoisotopic (exact) mass is 268 g/mol. The summed E-state index contributed by atoms with van der Waals surface area (Å²) in [5.74, 6) is -0.959. The second-order valence-electron chi connectivity index (χ2n) is 4.49. The smallest absolute Gasteiger partial charge is 0.325 e. The second kappa shape index (κ2) is 6.17. The third-order valence-electron chi connectivity index (χ3n) is 2.59. The molecular weight excluding hydrogens is 251 g/mol. The molecular formula is C13H17FN2O3. The van der Waals surface area contributed by atoms with Gasteiger partial charge in [0.2, 0.25) is 0 Å². The highest BCUT2D eigenvalue weighted by molar-refractivity contribution is 5.81. The van der Waals surface area contributed by atoms with Gasteiger partial charge >= 0.3 is 12.0 Å². The first-order chi connectivity index (χ1) is 8.86. The Morgan fingerprint density at radius 1 is 1.32 bits per heavy atom. The van der Waals surface area contributed by atoms with E-state index in [1.807, 2.05) is 0 Å². The number of esters is 1. The van der Waals surface area contributed by atoms with Crippen LogP contribution in [0.1, 0.15) is 19.4 Å². The van der Waals surface area contributed by atoms with Gasteiger partial charge in [-0.15, -0.1) is 0 Å². The molecule has 2 N–H and O–H groups in total. The van der Waals surface area contributed by atoms with Crippen molar-refractivity contribution in [3.8, 4) is 0 Å². The minimum atomic E-state index is -0.897. The van der Waals surface area contributed by atoms with Gasteiger partial charge in [0.25, 0.3) is 0 Å². The van der Waals surface area contributed by atoms with Gasteiger partial charge in [-0.1, -0.05) is 18.2 Å². The minimum Gasteiger partial charge on any atom is -0.468 e. The fourth-order valence-corrected chi connectivity index (χ4v) is 1.59. The first-order valence-corrected chi connectivity index (χ1v) is 5.74. The number of rotatable bonds is 4. The quantitative estimate of drug-likeness (QED) is 0.814. The first kappa shape index (κ1) is 14.9. The molecule has 0 aliphatic carbocycles. The van der Waals surface area contributed by atoms with E-state index in [1.165, 1.54) is 13.2 Å². The Morgan fingerprint density at radius 3 is 2.53 bits per heavy atom. The van der Waals surface area contributed by atoms with E-state index in [4.69, 9.17) is 0 Å². The van der Waals surface area contributed by atoms with Crippen molar-refractivity contribution in [3.05, 3.63) is 35.6 Å². The van der Waals surface area contributed by atoms with Gasteiger partial charge < -0.3 is 15.4 Å². The molecule has 1 aromatic rings. The van der Waals surface area contributed by atoms with Gasteiger partial charge in [0.1, 0.15) is 12.4 Å².